The molecule has 0 aliphatic heterocycles. The highest BCUT2D eigenvalue weighted by atomic mass is 35.5. The molecule has 4 aromatic rings. The van der Waals surface area contributed by atoms with E-state index in [0.717, 1.165) is 45.2 Å². The monoisotopic (exact) mass is 517 g/mol. The van der Waals surface area contributed by atoms with Gasteiger partial charge in [0.25, 0.3) is 5.91 Å². The summed E-state index contributed by atoms with van der Waals surface area (Å²) in [5.41, 5.74) is 10.1. The van der Waals surface area contributed by atoms with Crippen LogP contribution in [0.4, 0.5) is 5.69 Å². The SMILES string of the molecule is Cc1cc(C)c2c(CC(=O)N/N=C3\CCCc4oc(C(=O)Nc5cccc(Cl)c5C)c(C)c43)coc2c1. The molecule has 2 N–H and O–H groups in total. The Bertz CT molecular complexity index is 1580. The van der Waals surface area contributed by atoms with E-state index in [4.69, 9.17) is 20.4 Å². The van der Waals surface area contributed by atoms with Crippen LogP contribution >= 0.6 is 11.6 Å². The number of furan rings is 2. The highest BCUT2D eigenvalue weighted by molar-refractivity contribution is 6.31. The van der Waals surface area contributed by atoms with Crippen molar-refractivity contribution < 1.29 is 18.4 Å². The van der Waals surface area contributed by atoms with Gasteiger partial charge in [-0.2, -0.15) is 5.10 Å². The maximum Gasteiger partial charge on any atom is 0.291 e. The number of carbonyl (C=O) groups excluding carboxylic acids is 2. The molecule has 0 spiro atoms. The Morgan fingerprint density at radius 3 is 2.70 bits per heavy atom. The lowest BCUT2D eigenvalue weighted by molar-refractivity contribution is -0.120. The van der Waals surface area contributed by atoms with E-state index in [1.165, 1.54) is 0 Å². The number of anilines is 1. The van der Waals surface area contributed by atoms with Crippen molar-refractivity contribution in [3.8, 4) is 0 Å². The smallest absolute Gasteiger partial charge is 0.291 e. The molecule has 0 saturated heterocycles. The molecule has 8 heteroatoms. The number of rotatable bonds is 5. The van der Waals surface area contributed by atoms with Gasteiger partial charge in [-0.15, -0.1) is 0 Å². The van der Waals surface area contributed by atoms with Crippen LogP contribution in [0, 0.1) is 27.7 Å². The van der Waals surface area contributed by atoms with Crippen molar-refractivity contribution in [1.82, 2.24) is 5.43 Å². The van der Waals surface area contributed by atoms with E-state index in [1.54, 1.807) is 24.5 Å². The molecule has 0 saturated carbocycles. The van der Waals surface area contributed by atoms with Gasteiger partial charge in [-0.25, -0.2) is 5.43 Å². The van der Waals surface area contributed by atoms with Crippen molar-refractivity contribution in [3.05, 3.63) is 86.5 Å². The number of carbonyl (C=O) groups is 2. The number of amides is 2. The van der Waals surface area contributed by atoms with Crippen LogP contribution < -0.4 is 10.7 Å². The summed E-state index contributed by atoms with van der Waals surface area (Å²) in [5, 5.41) is 8.87. The predicted octanol–water partition coefficient (Wildman–Crippen LogP) is 6.56. The number of aryl methyl sites for hydroxylation is 3. The number of nitrogens with zero attached hydrogens (tertiary/aromatic N) is 1. The minimum Gasteiger partial charge on any atom is -0.464 e. The standard InChI is InChI=1S/C29H28ClN3O4/c1-15-11-16(2)26-19(14-36-24(26)12-15)13-25(34)33-32-22-9-6-10-23-27(22)18(4)28(37-23)29(35)31-21-8-5-7-20(30)17(21)3/h5,7-8,11-12,14H,6,9-10,13H2,1-4H3,(H,31,35)(H,33,34)/b32-22+. The molecule has 7 nitrogen and oxygen atoms in total. The highest BCUT2D eigenvalue weighted by Gasteiger charge is 2.28. The molecule has 1 aliphatic rings. The van der Waals surface area contributed by atoms with E-state index < -0.39 is 0 Å². The summed E-state index contributed by atoms with van der Waals surface area (Å²) in [5.74, 6) is 0.355. The number of nitrogens with one attached hydrogen (secondary N) is 2. The molecule has 0 radical (unpaired) electrons. The summed E-state index contributed by atoms with van der Waals surface area (Å²) >= 11 is 6.19. The Morgan fingerprint density at radius 2 is 1.89 bits per heavy atom. The van der Waals surface area contributed by atoms with E-state index in [0.29, 0.717) is 40.6 Å². The van der Waals surface area contributed by atoms with Crippen LogP contribution in [0.1, 0.15) is 62.5 Å². The zero-order chi connectivity index (χ0) is 26.3. The summed E-state index contributed by atoms with van der Waals surface area (Å²) in [4.78, 5) is 25.8. The second-order valence-electron chi connectivity index (χ2n) is 9.56. The van der Waals surface area contributed by atoms with Crippen LogP contribution in [0.2, 0.25) is 5.02 Å². The third-order valence-corrected chi connectivity index (χ3v) is 7.22. The van der Waals surface area contributed by atoms with Gasteiger partial charge in [0.2, 0.25) is 5.91 Å². The molecule has 37 heavy (non-hydrogen) atoms. The van der Waals surface area contributed by atoms with Crippen molar-refractivity contribution in [2.24, 2.45) is 5.10 Å². The first-order chi connectivity index (χ1) is 17.7. The molecular formula is C29H28ClN3O4. The quantitative estimate of drug-likeness (QED) is 0.293. The first-order valence-corrected chi connectivity index (χ1v) is 12.6. The maximum atomic E-state index is 13.1. The molecule has 0 atom stereocenters. The highest BCUT2D eigenvalue weighted by Crippen LogP contribution is 2.31. The molecule has 2 heterocycles. The fourth-order valence-electron chi connectivity index (χ4n) is 5.02. The fourth-order valence-corrected chi connectivity index (χ4v) is 5.19. The van der Waals surface area contributed by atoms with Crippen LogP contribution in [0.5, 0.6) is 0 Å². The second-order valence-corrected chi connectivity index (χ2v) is 9.97. The number of hydrogen-bond donors (Lipinski definition) is 2. The summed E-state index contributed by atoms with van der Waals surface area (Å²) in [7, 11) is 0. The van der Waals surface area contributed by atoms with Gasteiger partial charge in [0.15, 0.2) is 5.76 Å². The molecule has 2 amide bonds. The molecule has 0 bridgehead atoms. The molecular weight excluding hydrogens is 490 g/mol. The van der Waals surface area contributed by atoms with Gasteiger partial charge in [-0.3, -0.25) is 9.59 Å². The van der Waals surface area contributed by atoms with Crippen LogP contribution in [-0.4, -0.2) is 17.5 Å². The Morgan fingerprint density at radius 1 is 1.08 bits per heavy atom. The summed E-state index contributed by atoms with van der Waals surface area (Å²) in [6.45, 7) is 7.72. The number of hydrogen-bond acceptors (Lipinski definition) is 5. The van der Waals surface area contributed by atoms with Crippen LogP contribution in [0.3, 0.4) is 0 Å². The van der Waals surface area contributed by atoms with Gasteiger partial charge in [0, 0.05) is 39.2 Å². The van der Waals surface area contributed by atoms with Gasteiger partial charge < -0.3 is 14.2 Å². The Balaban J connectivity index is 1.35. The fraction of sp³-hybridized carbons (Fsp3) is 0.276. The normalized spacial score (nSPS) is 14.1. The molecule has 2 aromatic carbocycles. The third kappa shape index (κ3) is 4.79. The van der Waals surface area contributed by atoms with Crippen molar-refractivity contribution in [3.63, 3.8) is 0 Å². The number of hydrazone groups is 1. The number of benzene rings is 2. The minimum absolute atomic E-state index is 0.150. The predicted molar refractivity (Wildman–Crippen MR) is 145 cm³/mol. The number of fused-ring (bicyclic) bond motifs is 2. The first kappa shape index (κ1) is 24.8. The van der Waals surface area contributed by atoms with E-state index in [1.807, 2.05) is 33.8 Å². The van der Waals surface area contributed by atoms with Gasteiger partial charge in [0.1, 0.15) is 11.3 Å². The van der Waals surface area contributed by atoms with Crippen LogP contribution in [0.15, 0.2) is 50.5 Å². The molecule has 5 rings (SSSR count). The van der Waals surface area contributed by atoms with Crippen molar-refractivity contribution in [1.29, 1.82) is 0 Å². The molecule has 1 aliphatic carbocycles. The first-order valence-electron chi connectivity index (χ1n) is 12.2. The van der Waals surface area contributed by atoms with Gasteiger partial charge in [0.05, 0.1) is 18.4 Å². The summed E-state index contributed by atoms with van der Waals surface area (Å²) in [6, 6.07) is 9.40. The van der Waals surface area contributed by atoms with E-state index in [9.17, 15) is 9.59 Å². The van der Waals surface area contributed by atoms with Gasteiger partial charge in [-0.1, -0.05) is 23.7 Å². The summed E-state index contributed by atoms with van der Waals surface area (Å²) < 4.78 is 11.7. The minimum atomic E-state index is -0.349. The van der Waals surface area contributed by atoms with Crippen LogP contribution in [-0.2, 0) is 17.6 Å². The third-order valence-electron chi connectivity index (χ3n) is 6.81. The zero-order valence-corrected chi connectivity index (χ0v) is 22.0. The van der Waals surface area contributed by atoms with Crippen molar-refractivity contribution in [2.45, 2.75) is 53.4 Å². The Labute approximate surface area is 219 Å². The Kier molecular flexibility index (Phi) is 6.65. The molecule has 0 fully saturated rings. The second kappa shape index (κ2) is 9.90. The topological polar surface area (TPSA) is 96.8 Å². The summed E-state index contributed by atoms with van der Waals surface area (Å²) in [6.07, 6.45) is 3.97. The average molecular weight is 518 g/mol. The van der Waals surface area contributed by atoms with Gasteiger partial charge in [-0.05, 0) is 75.4 Å². The van der Waals surface area contributed by atoms with E-state index in [2.05, 4.69) is 21.9 Å². The van der Waals surface area contributed by atoms with Crippen molar-refractivity contribution >= 4 is 45.8 Å². The lowest BCUT2D eigenvalue weighted by atomic mass is 9.93. The van der Waals surface area contributed by atoms with Crippen molar-refractivity contribution in [2.75, 3.05) is 5.32 Å². The Hall–Kier alpha value is -3.84. The molecule has 0 unspecified atom stereocenters. The number of halogens is 1. The lowest BCUT2D eigenvalue weighted by Gasteiger charge is -2.13. The van der Waals surface area contributed by atoms with E-state index in [-0.39, 0.29) is 24.0 Å². The average Bonchev–Trinajstić information content (AvgIpc) is 3.41. The largest absolute Gasteiger partial charge is 0.464 e. The lowest BCUT2D eigenvalue weighted by Crippen LogP contribution is -2.23. The molecule has 2 aromatic heterocycles. The van der Waals surface area contributed by atoms with Gasteiger partial charge >= 0.3 is 0 Å². The van der Waals surface area contributed by atoms with E-state index >= 15 is 0 Å². The maximum absolute atomic E-state index is 13.1. The molecule has 190 valence electrons. The zero-order valence-electron chi connectivity index (χ0n) is 21.3. The van der Waals surface area contributed by atoms with Crippen LogP contribution in [0.25, 0.3) is 11.0 Å².